The molecular formula is C18H18N4OS2. The first kappa shape index (κ1) is 16.5. The molecule has 4 rings (SSSR count). The molecule has 7 heteroatoms. The summed E-state index contributed by atoms with van der Waals surface area (Å²) in [4.78, 5) is 16.0. The van der Waals surface area contributed by atoms with Gasteiger partial charge in [-0.2, -0.15) is 0 Å². The van der Waals surface area contributed by atoms with Gasteiger partial charge in [-0.1, -0.05) is 36.9 Å². The van der Waals surface area contributed by atoms with Crippen molar-refractivity contribution in [3.8, 4) is 0 Å². The number of anilines is 1. The van der Waals surface area contributed by atoms with Crippen molar-refractivity contribution >= 4 is 40.8 Å². The molecule has 0 saturated heterocycles. The fourth-order valence-electron chi connectivity index (χ4n) is 2.87. The van der Waals surface area contributed by atoms with E-state index >= 15 is 0 Å². The number of amides is 1. The van der Waals surface area contributed by atoms with Crippen LogP contribution in [0.4, 0.5) is 5.69 Å². The van der Waals surface area contributed by atoms with Crippen molar-refractivity contribution in [2.45, 2.75) is 28.6 Å². The summed E-state index contributed by atoms with van der Waals surface area (Å²) in [5.74, 6) is 0.461. The van der Waals surface area contributed by atoms with Gasteiger partial charge in [0.25, 0.3) is 0 Å². The summed E-state index contributed by atoms with van der Waals surface area (Å²) < 4.78 is 1.91. The standard InChI is InChI=1S/C18H18N4OS2/c1-13-9-11-21(14-6-2-3-7-15(14)25-13)17(23)12-24-18-20-19-16-8-4-5-10-22(16)18/h2-8,10,13H,9,11-12H2,1H3. The molecule has 0 fully saturated rings. The number of pyridine rings is 1. The number of hydrogen-bond donors (Lipinski definition) is 0. The van der Waals surface area contributed by atoms with Crippen LogP contribution >= 0.6 is 23.5 Å². The monoisotopic (exact) mass is 370 g/mol. The van der Waals surface area contributed by atoms with E-state index in [9.17, 15) is 4.79 Å². The molecule has 1 atom stereocenters. The number of para-hydroxylation sites is 1. The summed E-state index contributed by atoms with van der Waals surface area (Å²) in [6.45, 7) is 2.97. The third-order valence-corrected chi connectivity index (χ3v) is 6.32. The maximum atomic E-state index is 12.9. The van der Waals surface area contributed by atoms with Crippen LogP contribution in [0.15, 0.2) is 58.7 Å². The number of hydrogen-bond acceptors (Lipinski definition) is 5. The Morgan fingerprint density at radius 3 is 3.00 bits per heavy atom. The van der Waals surface area contributed by atoms with Crippen molar-refractivity contribution in [2.24, 2.45) is 0 Å². The van der Waals surface area contributed by atoms with E-state index in [1.807, 2.05) is 63.7 Å². The lowest BCUT2D eigenvalue weighted by atomic mass is 10.2. The molecule has 1 aromatic carbocycles. The number of aromatic nitrogens is 3. The Morgan fingerprint density at radius 2 is 2.08 bits per heavy atom. The fourth-order valence-corrected chi connectivity index (χ4v) is 4.78. The van der Waals surface area contributed by atoms with E-state index < -0.39 is 0 Å². The molecule has 25 heavy (non-hydrogen) atoms. The number of benzene rings is 1. The first-order chi connectivity index (χ1) is 12.2. The molecule has 1 amide bonds. The van der Waals surface area contributed by atoms with Gasteiger partial charge in [-0.3, -0.25) is 9.20 Å². The van der Waals surface area contributed by atoms with Gasteiger partial charge in [0.05, 0.1) is 11.4 Å². The minimum atomic E-state index is 0.111. The summed E-state index contributed by atoms with van der Waals surface area (Å²) >= 11 is 3.28. The first-order valence-corrected chi connectivity index (χ1v) is 10.1. The minimum absolute atomic E-state index is 0.111. The molecule has 3 heterocycles. The second kappa shape index (κ2) is 7.09. The Bertz CT molecular complexity index is 911. The third kappa shape index (κ3) is 3.39. The zero-order chi connectivity index (χ0) is 17.2. The molecule has 0 aliphatic carbocycles. The lowest BCUT2D eigenvalue weighted by Gasteiger charge is -2.22. The highest BCUT2D eigenvalue weighted by atomic mass is 32.2. The average Bonchev–Trinajstić information content (AvgIpc) is 2.96. The van der Waals surface area contributed by atoms with E-state index in [0.29, 0.717) is 11.0 Å². The largest absolute Gasteiger partial charge is 0.311 e. The molecule has 0 saturated carbocycles. The van der Waals surface area contributed by atoms with E-state index in [1.165, 1.54) is 16.7 Å². The van der Waals surface area contributed by atoms with Gasteiger partial charge in [0.1, 0.15) is 0 Å². The van der Waals surface area contributed by atoms with Crippen molar-refractivity contribution in [3.05, 3.63) is 48.7 Å². The van der Waals surface area contributed by atoms with Crippen LogP contribution < -0.4 is 4.90 Å². The predicted octanol–water partition coefficient (Wildman–Crippen LogP) is 3.74. The number of thioether (sulfide) groups is 2. The van der Waals surface area contributed by atoms with Gasteiger partial charge in [0.15, 0.2) is 10.8 Å². The second-order valence-electron chi connectivity index (χ2n) is 5.93. The normalized spacial score (nSPS) is 17.3. The van der Waals surface area contributed by atoms with Crippen molar-refractivity contribution in [1.82, 2.24) is 14.6 Å². The van der Waals surface area contributed by atoms with Gasteiger partial charge in [-0.15, -0.1) is 22.0 Å². The zero-order valence-electron chi connectivity index (χ0n) is 13.8. The molecule has 0 bridgehead atoms. The van der Waals surface area contributed by atoms with E-state index in [2.05, 4.69) is 23.2 Å². The van der Waals surface area contributed by atoms with E-state index in [-0.39, 0.29) is 5.91 Å². The molecule has 0 spiro atoms. The molecule has 0 N–H and O–H groups in total. The summed E-state index contributed by atoms with van der Waals surface area (Å²) in [5.41, 5.74) is 1.82. The van der Waals surface area contributed by atoms with E-state index in [1.54, 1.807) is 0 Å². The summed E-state index contributed by atoms with van der Waals surface area (Å²) in [7, 11) is 0. The third-order valence-electron chi connectivity index (χ3n) is 4.15. The van der Waals surface area contributed by atoms with Gasteiger partial charge in [-0.05, 0) is 30.7 Å². The SMILES string of the molecule is CC1CCN(C(=O)CSc2nnc3ccccn23)c2ccccc2S1. The Labute approximate surface area is 154 Å². The average molecular weight is 371 g/mol. The van der Waals surface area contributed by atoms with Crippen LogP contribution in [-0.2, 0) is 4.79 Å². The molecule has 5 nitrogen and oxygen atoms in total. The van der Waals surface area contributed by atoms with Crippen LogP contribution in [0.1, 0.15) is 13.3 Å². The topological polar surface area (TPSA) is 50.5 Å². The highest BCUT2D eigenvalue weighted by Crippen LogP contribution is 2.37. The minimum Gasteiger partial charge on any atom is -0.311 e. The molecule has 1 aliphatic heterocycles. The lowest BCUT2D eigenvalue weighted by molar-refractivity contribution is -0.116. The van der Waals surface area contributed by atoms with Crippen molar-refractivity contribution < 1.29 is 4.79 Å². The summed E-state index contributed by atoms with van der Waals surface area (Å²) in [5, 5.41) is 9.57. The molecule has 3 aromatic rings. The smallest absolute Gasteiger partial charge is 0.237 e. The van der Waals surface area contributed by atoms with Crippen LogP contribution in [0.2, 0.25) is 0 Å². The molecule has 128 valence electrons. The quantitative estimate of drug-likeness (QED) is 0.658. The maximum absolute atomic E-state index is 12.9. The van der Waals surface area contributed by atoms with Gasteiger partial charge < -0.3 is 4.90 Å². The van der Waals surface area contributed by atoms with Gasteiger partial charge >= 0.3 is 0 Å². The Kier molecular flexibility index (Phi) is 4.67. The van der Waals surface area contributed by atoms with Crippen molar-refractivity contribution in [3.63, 3.8) is 0 Å². The van der Waals surface area contributed by atoms with E-state index in [0.717, 1.165) is 29.5 Å². The fraction of sp³-hybridized carbons (Fsp3) is 0.278. The Hall–Kier alpha value is -1.99. The predicted molar refractivity (Wildman–Crippen MR) is 102 cm³/mol. The highest BCUT2D eigenvalue weighted by Gasteiger charge is 2.24. The number of rotatable bonds is 3. The lowest BCUT2D eigenvalue weighted by Crippen LogP contribution is -2.33. The molecule has 2 aromatic heterocycles. The van der Waals surface area contributed by atoms with Gasteiger partial charge in [0.2, 0.25) is 5.91 Å². The molecule has 1 unspecified atom stereocenters. The number of carbonyl (C=O) groups excluding carboxylic acids is 1. The van der Waals surface area contributed by atoms with Crippen LogP contribution in [0, 0.1) is 0 Å². The Balaban J connectivity index is 1.53. The summed E-state index contributed by atoms with van der Waals surface area (Å²) in [6, 6.07) is 13.9. The molecule has 1 aliphatic rings. The summed E-state index contributed by atoms with van der Waals surface area (Å²) in [6.07, 6.45) is 2.91. The Morgan fingerprint density at radius 1 is 1.24 bits per heavy atom. The number of carbonyl (C=O) groups is 1. The zero-order valence-corrected chi connectivity index (χ0v) is 15.5. The van der Waals surface area contributed by atoms with Crippen LogP contribution in [0.25, 0.3) is 5.65 Å². The number of nitrogens with zero attached hydrogens (tertiary/aromatic N) is 4. The van der Waals surface area contributed by atoms with Crippen molar-refractivity contribution in [2.75, 3.05) is 17.2 Å². The molecule has 0 radical (unpaired) electrons. The number of fused-ring (bicyclic) bond motifs is 2. The first-order valence-electron chi connectivity index (χ1n) is 8.21. The van der Waals surface area contributed by atoms with Crippen molar-refractivity contribution in [1.29, 1.82) is 0 Å². The molecular weight excluding hydrogens is 352 g/mol. The van der Waals surface area contributed by atoms with Crippen LogP contribution in [-0.4, -0.2) is 38.1 Å². The maximum Gasteiger partial charge on any atom is 0.237 e. The van der Waals surface area contributed by atoms with E-state index in [4.69, 9.17) is 0 Å². The second-order valence-corrected chi connectivity index (χ2v) is 8.35. The van der Waals surface area contributed by atoms with Gasteiger partial charge in [0, 0.05) is 22.9 Å². The van der Waals surface area contributed by atoms with Gasteiger partial charge in [-0.25, -0.2) is 0 Å². The van der Waals surface area contributed by atoms with Crippen LogP contribution in [0.3, 0.4) is 0 Å². The van der Waals surface area contributed by atoms with Crippen LogP contribution in [0.5, 0.6) is 0 Å². The highest BCUT2D eigenvalue weighted by molar-refractivity contribution is 8.00.